The first-order valence-corrected chi connectivity index (χ1v) is 11.3. The van der Waals surface area contributed by atoms with E-state index < -0.39 is 0 Å². The van der Waals surface area contributed by atoms with Crippen LogP contribution in [-0.2, 0) is 0 Å². The summed E-state index contributed by atoms with van der Waals surface area (Å²) in [6.45, 7) is 6.78. The summed E-state index contributed by atoms with van der Waals surface area (Å²) >= 11 is 3.21. The summed E-state index contributed by atoms with van der Waals surface area (Å²) in [6, 6.07) is 8.03. The van der Waals surface area contributed by atoms with Gasteiger partial charge in [0.1, 0.15) is 10.6 Å². The van der Waals surface area contributed by atoms with Crippen molar-refractivity contribution < 1.29 is 4.39 Å². The average molecular weight is 413 g/mol. The smallest absolute Gasteiger partial charge is 0.148 e. The number of thiazole rings is 1. The molecule has 144 valence electrons. The zero-order valence-electron chi connectivity index (χ0n) is 15.8. The van der Waals surface area contributed by atoms with E-state index in [1.165, 1.54) is 22.6 Å². The minimum atomic E-state index is -0.264. The Balaban J connectivity index is 1.51. The van der Waals surface area contributed by atoms with E-state index in [9.17, 15) is 4.39 Å². The van der Waals surface area contributed by atoms with E-state index in [-0.39, 0.29) is 5.82 Å². The number of aromatic nitrogens is 2. The van der Waals surface area contributed by atoms with Crippen molar-refractivity contribution in [1.82, 2.24) is 14.9 Å². The molecule has 28 heavy (non-hydrogen) atoms. The van der Waals surface area contributed by atoms with Crippen LogP contribution in [0.1, 0.15) is 31.1 Å². The van der Waals surface area contributed by atoms with E-state index in [4.69, 9.17) is 0 Å². The molecule has 0 unspecified atom stereocenters. The minimum absolute atomic E-state index is 0.264. The van der Waals surface area contributed by atoms with Crippen LogP contribution in [0.4, 0.5) is 15.8 Å². The number of hydrogen-bond acceptors (Lipinski definition) is 6. The van der Waals surface area contributed by atoms with Crippen molar-refractivity contribution in [3.8, 4) is 0 Å². The molecule has 0 spiro atoms. The van der Waals surface area contributed by atoms with Gasteiger partial charge in [0.15, 0.2) is 0 Å². The third-order valence-corrected chi connectivity index (χ3v) is 7.77. The summed E-state index contributed by atoms with van der Waals surface area (Å²) in [7, 11) is 0. The Morgan fingerprint density at radius 3 is 2.96 bits per heavy atom. The van der Waals surface area contributed by atoms with Gasteiger partial charge in [0.05, 0.1) is 27.1 Å². The normalized spacial score (nSPS) is 20.4. The highest BCUT2D eigenvalue weighted by Gasteiger charge is 2.32. The maximum absolute atomic E-state index is 14.6. The second-order valence-corrected chi connectivity index (χ2v) is 9.22. The second kappa shape index (κ2) is 7.06. The van der Waals surface area contributed by atoms with Crippen molar-refractivity contribution in [1.29, 1.82) is 0 Å². The molecule has 4 nitrogen and oxygen atoms in total. The maximum atomic E-state index is 14.6. The van der Waals surface area contributed by atoms with Crippen LogP contribution in [0.3, 0.4) is 0 Å². The summed E-state index contributed by atoms with van der Waals surface area (Å²) in [6.07, 6.45) is 2.97. The molecule has 1 aliphatic heterocycles. The quantitative estimate of drug-likeness (QED) is 0.447. The molecule has 1 aliphatic rings. The standard InChI is InChI=1S/C21H21FN4S2/c1-3-26-7-5-13(12(26)2)19-8-14-16(4-6-23-21(14)28-19)25-17-10-18-20(9-15(17)22)27-11-24-18/h4,6,8-13H,3,5,7H2,1-2H3,(H,23,25)/t12-,13+/m1/s1. The van der Waals surface area contributed by atoms with Crippen molar-refractivity contribution in [2.45, 2.75) is 32.2 Å². The third kappa shape index (κ3) is 2.98. The molecule has 0 radical (unpaired) electrons. The Hall–Kier alpha value is -2.09. The number of nitrogens with one attached hydrogen (secondary N) is 1. The van der Waals surface area contributed by atoms with Gasteiger partial charge in [0.2, 0.25) is 0 Å². The van der Waals surface area contributed by atoms with Gasteiger partial charge in [-0.05, 0) is 50.7 Å². The van der Waals surface area contributed by atoms with Crippen LogP contribution < -0.4 is 5.32 Å². The number of halogens is 1. The van der Waals surface area contributed by atoms with Crippen molar-refractivity contribution >= 4 is 54.5 Å². The second-order valence-electron chi connectivity index (χ2n) is 7.27. The first-order valence-electron chi connectivity index (χ1n) is 9.56. The third-order valence-electron chi connectivity index (χ3n) is 5.80. The number of likely N-dealkylation sites (N-methyl/N-ethyl adjacent to an activating group) is 1. The van der Waals surface area contributed by atoms with E-state index in [0.717, 1.165) is 39.2 Å². The Bertz CT molecular complexity index is 1150. The highest BCUT2D eigenvalue weighted by Crippen LogP contribution is 2.41. The lowest BCUT2D eigenvalue weighted by Gasteiger charge is -2.22. The molecule has 7 heteroatoms. The first-order chi connectivity index (χ1) is 13.6. The number of benzene rings is 1. The molecular formula is C21H21FN4S2. The number of likely N-dealkylation sites (tertiary alicyclic amines) is 1. The fourth-order valence-corrected chi connectivity index (χ4v) is 6.14. The van der Waals surface area contributed by atoms with Gasteiger partial charge in [-0.2, -0.15) is 0 Å². The lowest BCUT2D eigenvalue weighted by Crippen LogP contribution is -2.28. The molecule has 1 N–H and O–H groups in total. The largest absolute Gasteiger partial charge is 0.352 e. The van der Waals surface area contributed by atoms with Crippen LogP contribution >= 0.6 is 22.7 Å². The van der Waals surface area contributed by atoms with Gasteiger partial charge in [0.25, 0.3) is 0 Å². The predicted octanol–water partition coefficient (Wildman–Crippen LogP) is 5.99. The average Bonchev–Trinajstić information content (AvgIpc) is 3.39. The van der Waals surface area contributed by atoms with Gasteiger partial charge in [-0.15, -0.1) is 22.7 Å². The van der Waals surface area contributed by atoms with E-state index >= 15 is 0 Å². The fourth-order valence-electron chi connectivity index (χ4n) is 4.20. The number of fused-ring (bicyclic) bond motifs is 2. The highest BCUT2D eigenvalue weighted by atomic mass is 32.1. The van der Waals surface area contributed by atoms with E-state index in [1.807, 2.05) is 6.07 Å². The van der Waals surface area contributed by atoms with Crippen LogP contribution in [-0.4, -0.2) is 34.0 Å². The Kier molecular flexibility index (Phi) is 4.53. The molecule has 3 aromatic heterocycles. The number of thiophene rings is 1. The van der Waals surface area contributed by atoms with Gasteiger partial charge in [-0.3, -0.25) is 0 Å². The number of rotatable bonds is 4. The lowest BCUT2D eigenvalue weighted by molar-refractivity contribution is 0.274. The molecule has 0 bridgehead atoms. The zero-order valence-corrected chi connectivity index (χ0v) is 17.4. The van der Waals surface area contributed by atoms with E-state index in [2.05, 4.69) is 40.1 Å². The summed E-state index contributed by atoms with van der Waals surface area (Å²) in [5.41, 5.74) is 3.89. The van der Waals surface area contributed by atoms with Gasteiger partial charge in [-0.1, -0.05) is 6.92 Å². The number of pyridine rings is 1. The van der Waals surface area contributed by atoms with Crippen molar-refractivity contribution in [2.24, 2.45) is 0 Å². The Morgan fingerprint density at radius 1 is 1.25 bits per heavy atom. The van der Waals surface area contributed by atoms with Gasteiger partial charge >= 0.3 is 0 Å². The topological polar surface area (TPSA) is 41.0 Å². The zero-order chi connectivity index (χ0) is 19.3. The van der Waals surface area contributed by atoms with Gasteiger partial charge in [0, 0.05) is 28.4 Å². The van der Waals surface area contributed by atoms with Crippen molar-refractivity contribution in [3.05, 3.63) is 46.7 Å². The van der Waals surface area contributed by atoms with Gasteiger partial charge < -0.3 is 10.2 Å². The molecule has 1 aromatic carbocycles. The molecule has 0 amide bonds. The van der Waals surface area contributed by atoms with Gasteiger partial charge in [-0.25, -0.2) is 14.4 Å². The van der Waals surface area contributed by atoms with Crippen molar-refractivity contribution in [3.63, 3.8) is 0 Å². The first kappa shape index (κ1) is 18.0. The van der Waals surface area contributed by atoms with Crippen LogP contribution in [0, 0.1) is 5.82 Å². The van der Waals surface area contributed by atoms with Crippen LogP contribution in [0.5, 0.6) is 0 Å². The number of nitrogens with zero attached hydrogens (tertiary/aromatic N) is 3. The summed E-state index contributed by atoms with van der Waals surface area (Å²) in [4.78, 5) is 13.8. The minimum Gasteiger partial charge on any atom is -0.352 e. The molecule has 2 atom stereocenters. The number of anilines is 2. The molecule has 4 heterocycles. The van der Waals surface area contributed by atoms with E-state index in [0.29, 0.717) is 17.6 Å². The van der Waals surface area contributed by atoms with E-state index in [1.54, 1.807) is 35.2 Å². The molecule has 1 fully saturated rings. The van der Waals surface area contributed by atoms with Crippen LogP contribution in [0.15, 0.2) is 36.0 Å². The summed E-state index contributed by atoms with van der Waals surface area (Å²) in [5, 5.41) is 4.34. The lowest BCUT2D eigenvalue weighted by atomic mass is 9.99. The molecule has 5 rings (SSSR count). The molecule has 1 saturated heterocycles. The summed E-state index contributed by atoms with van der Waals surface area (Å²) < 4.78 is 15.4. The number of hydrogen-bond donors (Lipinski definition) is 1. The Labute approximate surface area is 171 Å². The van der Waals surface area contributed by atoms with Crippen molar-refractivity contribution in [2.75, 3.05) is 18.4 Å². The molecule has 4 aromatic rings. The molecule has 0 saturated carbocycles. The molecule has 0 aliphatic carbocycles. The van der Waals surface area contributed by atoms with Crippen LogP contribution in [0.25, 0.3) is 20.4 Å². The Morgan fingerprint density at radius 2 is 2.14 bits per heavy atom. The SMILES string of the molecule is CCN1CC[C@H](c2cc3c(Nc4cc5ncsc5cc4F)ccnc3s2)[C@H]1C. The fraction of sp³-hybridized carbons (Fsp3) is 0.333. The maximum Gasteiger partial charge on any atom is 0.148 e. The van der Waals surface area contributed by atoms with Crippen LogP contribution in [0.2, 0.25) is 0 Å². The summed E-state index contributed by atoms with van der Waals surface area (Å²) in [5.74, 6) is 0.273. The highest BCUT2D eigenvalue weighted by molar-refractivity contribution is 7.18. The monoisotopic (exact) mass is 412 g/mol. The molecular weight excluding hydrogens is 391 g/mol. The predicted molar refractivity (Wildman–Crippen MR) is 117 cm³/mol.